The first-order valence-electron chi connectivity index (χ1n) is 5.74. The van der Waals surface area contributed by atoms with E-state index in [1.54, 1.807) is 11.8 Å². The van der Waals surface area contributed by atoms with E-state index in [2.05, 4.69) is 29.5 Å². The van der Waals surface area contributed by atoms with Crippen molar-refractivity contribution >= 4 is 28.7 Å². The van der Waals surface area contributed by atoms with Crippen molar-refractivity contribution in [2.45, 2.75) is 32.7 Å². The number of carbonyl (C=O) groups excluding carboxylic acids is 2. The third-order valence-electron chi connectivity index (χ3n) is 2.79. The third-order valence-corrected chi connectivity index (χ3v) is 4.23. The van der Waals surface area contributed by atoms with Gasteiger partial charge in [0, 0.05) is 18.7 Å². The van der Waals surface area contributed by atoms with Crippen LogP contribution >= 0.6 is 11.8 Å². The molecule has 2 aliphatic rings. The number of carbonyl (C=O) groups is 2. The van der Waals surface area contributed by atoms with Crippen LogP contribution in [0.4, 0.5) is 0 Å². The number of hydrogen-bond donors (Lipinski definition) is 2. The molecule has 2 N–H and O–H groups in total. The van der Waals surface area contributed by atoms with E-state index >= 15 is 0 Å². The maximum absolute atomic E-state index is 11.5. The van der Waals surface area contributed by atoms with Crippen LogP contribution in [0.1, 0.15) is 26.7 Å². The number of thioether (sulfide) groups is 1. The third kappa shape index (κ3) is 3.21. The lowest BCUT2D eigenvalue weighted by Gasteiger charge is -2.29. The molecule has 2 rings (SSSR count). The van der Waals surface area contributed by atoms with Crippen molar-refractivity contribution in [1.29, 1.82) is 0 Å². The summed E-state index contributed by atoms with van der Waals surface area (Å²) < 4.78 is 0. The van der Waals surface area contributed by atoms with Crippen LogP contribution in [-0.4, -0.2) is 35.3 Å². The standard InChI is InChI=1S/C11H17N3O2S/c1-11(2)5-12-10(17-6-11)13-7-3-4-8(15)14-9(7)16/h7H,3-6H2,1-2H3,(H,12,13)(H,14,15,16). The maximum Gasteiger partial charge on any atom is 0.249 e. The van der Waals surface area contributed by atoms with Crippen LogP contribution in [0.3, 0.4) is 0 Å². The molecule has 6 heteroatoms. The van der Waals surface area contributed by atoms with Crippen molar-refractivity contribution in [3.05, 3.63) is 0 Å². The van der Waals surface area contributed by atoms with Crippen molar-refractivity contribution in [1.82, 2.24) is 10.6 Å². The highest BCUT2D eigenvalue weighted by molar-refractivity contribution is 8.13. The Labute approximate surface area is 105 Å². The second-order valence-electron chi connectivity index (χ2n) is 5.22. The quantitative estimate of drug-likeness (QED) is 0.670. The zero-order valence-electron chi connectivity index (χ0n) is 10.1. The molecule has 1 unspecified atom stereocenters. The lowest BCUT2D eigenvalue weighted by molar-refractivity contribution is -0.134. The van der Waals surface area contributed by atoms with Gasteiger partial charge >= 0.3 is 0 Å². The van der Waals surface area contributed by atoms with Crippen molar-refractivity contribution < 1.29 is 9.59 Å². The lowest BCUT2D eigenvalue weighted by Crippen LogP contribution is -2.52. The minimum atomic E-state index is -0.319. The Bertz CT molecular complexity index is 379. The van der Waals surface area contributed by atoms with Crippen molar-refractivity contribution in [2.24, 2.45) is 10.4 Å². The van der Waals surface area contributed by atoms with Gasteiger partial charge in [-0.05, 0) is 11.8 Å². The summed E-state index contributed by atoms with van der Waals surface area (Å²) >= 11 is 1.64. The Morgan fingerprint density at radius 2 is 2.24 bits per heavy atom. The molecule has 2 amide bonds. The van der Waals surface area contributed by atoms with Crippen LogP contribution in [0.5, 0.6) is 0 Å². The molecule has 2 heterocycles. The molecule has 17 heavy (non-hydrogen) atoms. The lowest BCUT2D eigenvalue weighted by atomic mass is 9.97. The fourth-order valence-corrected chi connectivity index (χ4v) is 2.71. The Morgan fingerprint density at radius 1 is 1.47 bits per heavy atom. The van der Waals surface area contributed by atoms with Gasteiger partial charge < -0.3 is 5.32 Å². The Hall–Kier alpha value is -1.04. The molecule has 1 saturated heterocycles. The summed E-state index contributed by atoms with van der Waals surface area (Å²) in [6, 6.07) is -0.319. The zero-order valence-corrected chi connectivity index (χ0v) is 10.9. The number of aliphatic imine (C=N–C) groups is 1. The molecule has 0 saturated carbocycles. The van der Waals surface area contributed by atoms with Gasteiger partial charge in [-0.25, -0.2) is 0 Å². The molecule has 0 aromatic carbocycles. The SMILES string of the molecule is CC1(C)CN=C(NC2CCC(=O)NC2=O)SC1. The Kier molecular flexibility index (Phi) is 3.42. The summed E-state index contributed by atoms with van der Waals surface area (Å²) in [6.07, 6.45) is 0.945. The number of nitrogens with one attached hydrogen (secondary N) is 2. The van der Waals surface area contributed by atoms with Crippen LogP contribution < -0.4 is 10.6 Å². The van der Waals surface area contributed by atoms with Crippen molar-refractivity contribution in [3.63, 3.8) is 0 Å². The molecule has 0 radical (unpaired) electrons. The number of amides is 2. The van der Waals surface area contributed by atoms with Gasteiger partial charge in [0.1, 0.15) is 6.04 Å². The molecule has 0 aromatic heterocycles. The molecule has 94 valence electrons. The summed E-state index contributed by atoms with van der Waals surface area (Å²) in [5, 5.41) is 6.26. The summed E-state index contributed by atoms with van der Waals surface area (Å²) in [5.41, 5.74) is 0.223. The van der Waals surface area contributed by atoms with Gasteiger partial charge in [-0.2, -0.15) is 0 Å². The van der Waals surface area contributed by atoms with Crippen LogP contribution in [0.25, 0.3) is 0 Å². The molecule has 0 aliphatic carbocycles. The van der Waals surface area contributed by atoms with Gasteiger partial charge in [0.15, 0.2) is 5.17 Å². The van der Waals surface area contributed by atoms with Crippen LogP contribution in [0, 0.1) is 5.41 Å². The molecule has 5 nitrogen and oxygen atoms in total. The highest BCUT2D eigenvalue weighted by Crippen LogP contribution is 2.27. The highest BCUT2D eigenvalue weighted by atomic mass is 32.2. The van der Waals surface area contributed by atoms with E-state index in [0.29, 0.717) is 12.8 Å². The number of rotatable bonds is 1. The maximum atomic E-state index is 11.5. The van der Waals surface area contributed by atoms with Crippen molar-refractivity contribution in [2.75, 3.05) is 12.3 Å². The monoisotopic (exact) mass is 255 g/mol. The average Bonchev–Trinajstić information content (AvgIpc) is 2.25. The number of piperidine rings is 1. The van der Waals surface area contributed by atoms with Gasteiger partial charge in [-0.3, -0.25) is 19.9 Å². The molecule has 2 aliphatic heterocycles. The van der Waals surface area contributed by atoms with Gasteiger partial charge in [0.2, 0.25) is 11.8 Å². The predicted molar refractivity (Wildman–Crippen MR) is 67.8 cm³/mol. The minimum Gasteiger partial charge on any atom is -0.353 e. The first-order valence-corrected chi connectivity index (χ1v) is 6.72. The van der Waals surface area contributed by atoms with Crippen LogP contribution in [0.15, 0.2) is 4.99 Å². The summed E-state index contributed by atoms with van der Waals surface area (Å²) in [6.45, 7) is 5.12. The Balaban J connectivity index is 1.92. The summed E-state index contributed by atoms with van der Waals surface area (Å²) in [4.78, 5) is 27.0. The average molecular weight is 255 g/mol. The highest BCUT2D eigenvalue weighted by Gasteiger charge is 2.29. The largest absolute Gasteiger partial charge is 0.353 e. The fraction of sp³-hybridized carbons (Fsp3) is 0.727. The first kappa shape index (κ1) is 12.4. The van der Waals surface area contributed by atoms with E-state index in [1.165, 1.54) is 0 Å². The van der Waals surface area contributed by atoms with Gasteiger partial charge in [0.25, 0.3) is 0 Å². The number of imide groups is 1. The van der Waals surface area contributed by atoms with Gasteiger partial charge in [-0.15, -0.1) is 0 Å². The van der Waals surface area contributed by atoms with E-state index in [9.17, 15) is 9.59 Å². The summed E-state index contributed by atoms with van der Waals surface area (Å²) in [7, 11) is 0. The number of hydrogen-bond acceptors (Lipinski definition) is 5. The van der Waals surface area contributed by atoms with Crippen LogP contribution in [0.2, 0.25) is 0 Å². The van der Waals surface area contributed by atoms with E-state index in [4.69, 9.17) is 0 Å². The minimum absolute atomic E-state index is 0.188. The molecular weight excluding hydrogens is 238 g/mol. The normalized spacial score (nSPS) is 28.4. The van der Waals surface area contributed by atoms with Gasteiger partial charge in [-0.1, -0.05) is 25.6 Å². The second kappa shape index (κ2) is 4.68. The van der Waals surface area contributed by atoms with E-state index < -0.39 is 0 Å². The summed E-state index contributed by atoms with van der Waals surface area (Å²) in [5.74, 6) is 0.563. The Morgan fingerprint density at radius 3 is 2.82 bits per heavy atom. The zero-order chi connectivity index (χ0) is 12.5. The number of nitrogens with zero attached hydrogens (tertiary/aromatic N) is 1. The van der Waals surface area contributed by atoms with Crippen LogP contribution in [-0.2, 0) is 9.59 Å². The molecule has 1 atom stereocenters. The topological polar surface area (TPSA) is 70.6 Å². The van der Waals surface area contributed by atoms with E-state index in [-0.39, 0.29) is 23.3 Å². The molecule has 0 bridgehead atoms. The van der Waals surface area contributed by atoms with E-state index in [1.807, 2.05) is 0 Å². The predicted octanol–water partition coefficient (Wildman–Crippen LogP) is 0.510. The molecule has 0 spiro atoms. The first-order chi connectivity index (χ1) is 7.96. The van der Waals surface area contributed by atoms with Gasteiger partial charge in [0.05, 0.1) is 0 Å². The molecule has 1 fully saturated rings. The second-order valence-corrected chi connectivity index (χ2v) is 6.19. The molecule has 0 aromatic rings. The molecular formula is C11H17N3O2S. The van der Waals surface area contributed by atoms with E-state index in [0.717, 1.165) is 17.5 Å². The van der Waals surface area contributed by atoms with Crippen molar-refractivity contribution in [3.8, 4) is 0 Å². The number of amidine groups is 1. The smallest absolute Gasteiger partial charge is 0.249 e. The fourth-order valence-electron chi connectivity index (χ4n) is 1.71.